The molecule has 0 bridgehead atoms. The Labute approximate surface area is 164 Å². The molecule has 1 aliphatic carbocycles. The van der Waals surface area contributed by atoms with Crippen molar-refractivity contribution in [1.82, 2.24) is 15.0 Å². The number of fused-ring (bicyclic) bond motifs is 3. The number of carbonyl (C=O) groups is 1. The van der Waals surface area contributed by atoms with Crippen LogP contribution in [0, 0.1) is 5.82 Å². The lowest BCUT2D eigenvalue weighted by Crippen LogP contribution is -2.07. The number of anilines is 3. The molecular formula is C21H16FN5O2. The summed E-state index contributed by atoms with van der Waals surface area (Å²) in [6.07, 6.45) is 3.81. The van der Waals surface area contributed by atoms with E-state index in [4.69, 9.17) is 0 Å². The van der Waals surface area contributed by atoms with Gasteiger partial charge < -0.3 is 15.7 Å². The quantitative estimate of drug-likeness (QED) is 0.437. The molecule has 144 valence electrons. The molecule has 1 saturated carbocycles. The van der Waals surface area contributed by atoms with Crippen molar-refractivity contribution >= 4 is 45.2 Å². The summed E-state index contributed by atoms with van der Waals surface area (Å²) in [5, 5.41) is 17.3. The highest BCUT2D eigenvalue weighted by Crippen LogP contribution is 2.32. The van der Waals surface area contributed by atoms with Crippen LogP contribution >= 0.6 is 0 Å². The zero-order chi connectivity index (χ0) is 20.0. The highest BCUT2D eigenvalue weighted by atomic mass is 19.1. The van der Waals surface area contributed by atoms with Gasteiger partial charge in [-0.15, -0.1) is 0 Å². The summed E-state index contributed by atoms with van der Waals surface area (Å²) >= 11 is 0. The lowest BCUT2D eigenvalue weighted by molar-refractivity contribution is 0.0697. The number of hydrogen-bond donors (Lipinski definition) is 3. The van der Waals surface area contributed by atoms with Crippen LogP contribution in [0.4, 0.5) is 21.8 Å². The van der Waals surface area contributed by atoms with Gasteiger partial charge in [0, 0.05) is 28.7 Å². The fraction of sp³-hybridized carbons (Fsp3) is 0.143. The summed E-state index contributed by atoms with van der Waals surface area (Å²) in [6.45, 7) is 0. The maximum Gasteiger partial charge on any atom is 0.335 e. The number of halogens is 1. The third-order valence-corrected chi connectivity index (χ3v) is 4.80. The van der Waals surface area contributed by atoms with Crippen molar-refractivity contribution in [3.8, 4) is 0 Å². The van der Waals surface area contributed by atoms with Crippen LogP contribution in [0.2, 0.25) is 0 Å². The molecule has 3 N–H and O–H groups in total. The maximum absolute atomic E-state index is 13.1. The Morgan fingerprint density at radius 2 is 1.86 bits per heavy atom. The standard InChI is InChI=1S/C21H16FN5O2/c22-12-2-4-14(5-3-12)25-21-23-10-16-15-8-1-11(20(28)29)9-17(15)26-19(18(16)27-21)24-13-6-7-13/h1-5,8-10,13H,6-7H2,(H,24,26)(H,28,29)(H,23,25,27). The Hall–Kier alpha value is -3.81. The highest BCUT2D eigenvalue weighted by Gasteiger charge is 2.23. The minimum atomic E-state index is -0.999. The number of aromatic nitrogens is 3. The molecule has 0 saturated heterocycles. The molecule has 0 atom stereocenters. The molecule has 7 nitrogen and oxygen atoms in total. The van der Waals surface area contributed by atoms with E-state index in [1.165, 1.54) is 12.1 Å². The number of nitrogens with one attached hydrogen (secondary N) is 2. The summed E-state index contributed by atoms with van der Waals surface area (Å²) in [7, 11) is 0. The molecular weight excluding hydrogens is 373 g/mol. The third-order valence-electron chi connectivity index (χ3n) is 4.80. The van der Waals surface area contributed by atoms with Crippen LogP contribution in [0.3, 0.4) is 0 Å². The second kappa shape index (κ2) is 6.66. The first-order chi connectivity index (χ1) is 14.1. The molecule has 29 heavy (non-hydrogen) atoms. The van der Waals surface area contributed by atoms with Crippen molar-refractivity contribution in [2.24, 2.45) is 0 Å². The average Bonchev–Trinajstić information content (AvgIpc) is 3.53. The van der Waals surface area contributed by atoms with Gasteiger partial charge in [0.1, 0.15) is 11.3 Å². The van der Waals surface area contributed by atoms with Crippen molar-refractivity contribution in [1.29, 1.82) is 0 Å². The number of nitrogens with zero attached hydrogens (tertiary/aromatic N) is 3. The first kappa shape index (κ1) is 17.3. The lowest BCUT2D eigenvalue weighted by atomic mass is 10.1. The van der Waals surface area contributed by atoms with Crippen LogP contribution in [0.5, 0.6) is 0 Å². The molecule has 0 radical (unpaired) electrons. The topological polar surface area (TPSA) is 100 Å². The highest BCUT2D eigenvalue weighted by molar-refractivity contribution is 6.09. The van der Waals surface area contributed by atoms with Crippen LogP contribution in [-0.4, -0.2) is 32.1 Å². The molecule has 0 aliphatic heterocycles. The van der Waals surface area contributed by atoms with Crippen molar-refractivity contribution in [3.05, 3.63) is 60.0 Å². The lowest BCUT2D eigenvalue weighted by Gasteiger charge is -2.12. The van der Waals surface area contributed by atoms with E-state index in [0.717, 1.165) is 23.6 Å². The number of benzene rings is 2. The van der Waals surface area contributed by atoms with Gasteiger partial charge in [0.05, 0.1) is 11.1 Å². The summed E-state index contributed by atoms with van der Waals surface area (Å²) in [6, 6.07) is 11.1. The van der Waals surface area contributed by atoms with Crippen LogP contribution in [0.15, 0.2) is 48.7 Å². The van der Waals surface area contributed by atoms with E-state index < -0.39 is 5.97 Å². The van der Waals surface area contributed by atoms with Gasteiger partial charge in [-0.1, -0.05) is 6.07 Å². The monoisotopic (exact) mass is 389 g/mol. The fourth-order valence-corrected chi connectivity index (χ4v) is 3.16. The molecule has 8 heteroatoms. The van der Waals surface area contributed by atoms with Gasteiger partial charge in [-0.25, -0.2) is 24.1 Å². The van der Waals surface area contributed by atoms with Gasteiger partial charge in [0.25, 0.3) is 0 Å². The van der Waals surface area contributed by atoms with E-state index in [-0.39, 0.29) is 11.4 Å². The van der Waals surface area contributed by atoms with Gasteiger partial charge in [-0.2, -0.15) is 0 Å². The Balaban J connectivity index is 1.64. The van der Waals surface area contributed by atoms with Crippen molar-refractivity contribution in [3.63, 3.8) is 0 Å². The molecule has 2 heterocycles. The van der Waals surface area contributed by atoms with Crippen LogP contribution in [-0.2, 0) is 0 Å². The van der Waals surface area contributed by atoms with Crippen molar-refractivity contribution < 1.29 is 14.3 Å². The molecule has 0 unspecified atom stereocenters. The molecule has 1 fully saturated rings. The third kappa shape index (κ3) is 3.40. The SMILES string of the molecule is O=C(O)c1ccc2c(c1)nc(NC1CC1)c1nc(Nc3ccc(F)cc3)ncc12. The second-order valence-corrected chi connectivity index (χ2v) is 7.00. The summed E-state index contributed by atoms with van der Waals surface area (Å²) in [5.41, 5.74) is 2.06. The zero-order valence-corrected chi connectivity index (χ0v) is 15.2. The number of carboxylic acid groups (broad SMARTS) is 1. The van der Waals surface area contributed by atoms with E-state index in [2.05, 4.69) is 25.6 Å². The summed E-state index contributed by atoms with van der Waals surface area (Å²) in [4.78, 5) is 25.0. The number of hydrogen-bond acceptors (Lipinski definition) is 6. The van der Waals surface area contributed by atoms with Crippen LogP contribution < -0.4 is 10.6 Å². The minimum Gasteiger partial charge on any atom is -0.478 e. The first-order valence-electron chi connectivity index (χ1n) is 9.20. The van der Waals surface area contributed by atoms with Crippen molar-refractivity contribution in [2.45, 2.75) is 18.9 Å². The molecule has 2 aromatic carbocycles. The van der Waals surface area contributed by atoms with Gasteiger partial charge >= 0.3 is 5.97 Å². The number of rotatable bonds is 5. The molecule has 1 aliphatic rings. The van der Waals surface area contributed by atoms with E-state index in [0.29, 0.717) is 34.5 Å². The van der Waals surface area contributed by atoms with Crippen LogP contribution in [0.25, 0.3) is 21.8 Å². The molecule has 0 spiro atoms. The maximum atomic E-state index is 13.1. The Bertz CT molecular complexity index is 1260. The molecule has 4 aromatic rings. The van der Waals surface area contributed by atoms with Gasteiger partial charge in [0.2, 0.25) is 5.95 Å². The van der Waals surface area contributed by atoms with Gasteiger partial charge in [-0.05, 0) is 49.2 Å². The van der Waals surface area contributed by atoms with Gasteiger partial charge in [0.15, 0.2) is 5.82 Å². The largest absolute Gasteiger partial charge is 0.478 e. The number of carboxylic acids is 1. The Morgan fingerprint density at radius 3 is 2.59 bits per heavy atom. The average molecular weight is 389 g/mol. The van der Waals surface area contributed by atoms with E-state index >= 15 is 0 Å². The molecule has 5 rings (SSSR count). The Kier molecular flexibility index (Phi) is 3.97. The summed E-state index contributed by atoms with van der Waals surface area (Å²) < 4.78 is 13.1. The molecule has 0 amide bonds. The number of pyridine rings is 1. The molecule has 2 aromatic heterocycles. The van der Waals surface area contributed by atoms with E-state index in [1.807, 2.05) is 0 Å². The second-order valence-electron chi connectivity index (χ2n) is 7.00. The number of aromatic carboxylic acids is 1. The normalized spacial score (nSPS) is 13.6. The predicted octanol–water partition coefficient (Wildman–Crippen LogP) is 4.33. The smallest absolute Gasteiger partial charge is 0.335 e. The summed E-state index contributed by atoms with van der Waals surface area (Å²) in [5.74, 6) is -0.351. The Morgan fingerprint density at radius 1 is 1.07 bits per heavy atom. The zero-order valence-electron chi connectivity index (χ0n) is 15.2. The fourth-order valence-electron chi connectivity index (χ4n) is 3.16. The van der Waals surface area contributed by atoms with E-state index in [9.17, 15) is 14.3 Å². The first-order valence-corrected chi connectivity index (χ1v) is 9.20. The van der Waals surface area contributed by atoms with Crippen LogP contribution in [0.1, 0.15) is 23.2 Å². The predicted molar refractivity (Wildman–Crippen MR) is 108 cm³/mol. The minimum absolute atomic E-state index is 0.178. The van der Waals surface area contributed by atoms with E-state index in [1.54, 1.807) is 36.5 Å². The van der Waals surface area contributed by atoms with Crippen molar-refractivity contribution in [2.75, 3.05) is 10.6 Å². The van der Waals surface area contributed by atoms with Gasteiger partial charge in [-0.3, -0.25) is 0 Å².